The zero-order valence-electron chi connectivity index (χ0n) is 11.3. The zero-order valence-corrected chi connectivity index (χ0v) is 12.1. The fourth-order valence-electron chi connectivity index (χ4n) is 2.27. The zero-order chi connectivity index (χ0) is 13.9. The van der Waals surface area contributed by atoms with Crippen molar-refractivity contribution >= 4 is 11.6 Å². The quantitative estimate of drug-likeness (QED) is 0.915. The minimum atomic E-state index is 0.480. The SMILES string of the molecule is CCN(Cc1noc(-c2ccccc2Cl)n1)C1CNC1. The van der Waals surface area contributed by atoms with Gasteiger partial charge in [-0.3, -0.25) is 4.90 Å². The molecule has 6 heteroatoms. The average molecular weight is 293 g/mol. The average Bonchev–Trinajstić information content (AvgIpc) is 2.85. The van der Waals surface area contributed by atoms with E-state index in [9.17, 15) is 0 Å². The molecule has 0 radical (unpaired) electrons. The Morgan fingerprint density at radius 2 is 2.20 bits per heavy atom. The molecule has 0 saturated carbocycles. The number of nitrogens with one attached hydrogen (secondary N) is 1. The third-order valence-corrected chi connectivity index (χ3v) is 3.93. The first-order valence-corrected chi connectivity index (χ1v) is 7.18. The number of benzene rings is 1. The van der Waals surface area contributed by atoms with Crippen molar-refractivity contribution in [2.45, 2.75) is 19.5 Å². The number of nitrogens with zero attached hydrogens (tertiary/aromatic N) is 3. The highest BCUT2D eigenvalue weighted by molar-refractivity contribution is 6.33. The Hall–Kier alpha value is -1.43. The van der Waals surface area contributed by atoms with Crippen LogP contribution < -0.4 is 5.32 Å². The summed E-state index contributed by atoms with van der Waals surface area (Å²) in [6.45, 7) is 5.89. The second-order valence-electron chi connectivity index (χ2n) is 4.87. The van der Waals surface area contributed by atoms with Gasteiger partial charge in [0.2, 0.25) is 0 Å². The van der Waals surface area contributed by atoms with E-state index in [1.165, 1.54) is 0 Å². The summed E-state index contributed by atoms with van der Waals surface area (Å²) >= 11 is 6.14. The van der Waals surface area contributed by atoms with Crippen LogP contribution >= 0.6 is 11.6 Å². The molecule has 1 saturated heterocycles. The van der Waals surface area contributed by atoms with Gasteiger partial charge in [-0.15, -0.1) is 0 Å². The van der Waals surface area contributed by atoms with Gasteiger partial charge in [0, 0.05) is 19.1 Å². The van der Waals surface area contributed by atoms with Crippen molar-refractivity contribution in [1.82, 2.24) is 20.4 Å². The van der Waals surface area contributed by atoms with Crippen LogP contribution in [0.2, 0.25) is 5.02 Å². The van der Waals surface area contributed by atoms with E-state index in [4.69, 9.17) is 16.1 Å². The minimum absolute atomic E-state index is 0.480. The maximum Gasteiger partial charge on any atom is 0.259 e. The molecule has 1 aliphatic rings. The Balaban J connectivity index is 1.75. The van der Waals surface area contributed by atoms with Gasteiger partial charge in [-0.25, -0.2) is 0 Å². The molecule has 0 spiro atoms. The molecule has 1 aromatic carbocycles. The van der Waals surface area contributed by atoms with Crippen LogP contribution in [0.3, 0.4) is 0 Å². The van der Waals surface area contributed by atoms with Crippen molar-refractivity contribution < 1.29 is 4.52 Å². The Bertz CT molecular complexity index is 582. The maximum atomic E-state index is 6.14. The molecule has 5 nitrogen and oxygen atoms in total. The fourth-order valence-corrected chi connectivity index (χ4v) is 2.49. The number of hydrogen-bond acceptors (Lipinski definition) is 5. The van der Waals surface area contributed by atoms with Crippen molar-refractivity contribution in [3.63, 3.8) is 0 Å². The van der Waals surface area contributed by atoms with Gasteiger partial charge >= 0.3 is 0 Å². The van der Waals surface area contributed by atoms with Gasteiger partial charge in [0.25, 0.3) is 5.89 Å². The van der Waals surface area contributed by atoms with E-state index < -0.39 is 0 Å². The van der Waals surface area contributed by atoms with E-state index in [0.29, 0.717) is 29.3 Å². The molecule has 0 unspecified atom stereocenters. The molecule has 0 bridgehead atoms. The van der Waals surface area contributed by atoms with Crippen molar-refractivity contribution in [3.05, 3.63) is 35.1 Å². The van der Waals surface area contributed by atoms with Gasteiger partial charge in [0.15, 0.2) is 5.82 Å². The number of likely N-dealkylation sites (N-methyl/N-ethyl adjacent to an activating group) is 1. The van der Waals surface area contributed by atoms with Crippen molar-refractivity contribution in [2.24, 2.45) is 0 Å². The molecule has 3 rings (SSSR count). The standard InChI is InChI=1S/C14H17ClN4O/c1-2-19(10-7-16-8-10)9-13-17-14(20-18-13)11-5-3-4-6-12(11)15/h3-6,10,16H,2,7-9H2,1H3. The van der Waals surface area contributed by atoms with E-state index in [-0.39, 0.29) is 0 Å². The normalized spacial score (nSPS) is 15.6. The summed E-state index contributed by atoms with van der Waals surface area (Å²) in [7, 11) is 0. The summed E-state index contributed by atoms with van der Waals surface area (Å²) in [6.07, 6.45) is 0. The van der Waals surface area contributed by atoms with Gasteiger partial charge in [-0.2, -0.15) is 4.98 Å². The van der Waals surface area contributed by atoms with Gasteiger partial charge in [0.05, 0.1) is 17.1 Å². The molecule has 0 amide bonds. The van der Waals surface area contributed by atoms with E-state index in [2.05, 4.69) is 27.3 Å². The molecule has 20 heavy (non-hydrogen) atoms. The van der Waals surface area contributed by atoms with Crippen LogP contribution in [0.15, 0.2) is 28.8 Å². The van der Waals surface area contributed by atoms with Crippen LogP contribution in [0.25, 0.3) is 11.5 Å². The van der Waals surface area contributed by atoms with Crippen molar-refractivity contribution in [2.75, 3.05) is 19.6 Å². The summed E-state index contributed by atoms with van der Waals surface area (Å²) < 4.78 is 5.32. The highest BCUT2D eigenvalue weighted by Crippen LogP contribution is 2.26. The van der Waals surface area contributed by atoms with Crippen molar-refractivity contribution in [3.8, 4) is 11.5 Å². The van der Waals surface area contributed by atoms with Crippen molar-refractivity contribution in [1.29, 1.82) is 0 Å². The first-order valence-electron chi connectivity index (χ1n) is 6.80. The number of hydrogen-bond donors (Lipinski definition) is 1. The molecule has 106 valence electrons. The Morgan fingerprint density at radius 1 is 1.40 bits per heavy atom. The van der Waals surface area contributed by atoms with Crippen LogP contribution in [0, 0.1) is 0 Å². The topological polar surface area (TPSA) is 54.2 Å². The lowest BCUT2D eigenvalue weighted by Gasteiger charge is -2.36. The van der Waals surface area contributed by atoms with Crippen LogP contribution in [0.1, 0.15) is 12.7 Å². The summed E-state index contributed by atoms with van der Waals surface area (Å²) in [6, 6.07) is 8.06. The van der Waals surface area contributed by atoms with Crippen LogP contribution in [-0.2, 0) is 6.54 Å². The second kappa shape index (κ2) is 5.91. The first kappa shape index (κ1) is 13.5. The van der Waals surface area contributed by atoms with E-state index in [1.807, 2.05) is 24.3 Å². The van der Waals surface area contributed by atoms with Gasteiger partial charge in [0.1, 0.15) is 0 Å². The summed E-state index contributed by atoms with van der Waals surface area (Å²) in [5.74, 6) is 1.18. The van der Waals surface area contributed by atoms with Gasteiger partial charge in [-0.1, -0.05) is 35.8 Å². The van der Waals surface area contributed by atoms with Crippen LogP contribution in [0.4, 0.5) is 0 Å². The molecule has 1 fully saturated rings. The third kappa shape index (κ3) is 2.70. The molecular formula is C14H17ClN4O. The van der Waals surface area contributed by atoms with Crippen LogP contribution in [0.5, 0.6) is 0 Å². The maximum absolute atomic E-state index is 6.14. The lowest BCUT2D eigenvalue weighted by atomic mass is 10.1. The molecular weight excluding hydrogens is 276 g/mol. The second-order valence-corrected chi connectivity index (χ2v) is 5.28. The monoisotopic (exact) mass is 292 g/mol. The smallest absolute Gasteiger partial charge is 0.259 e. The fraction of sp³-hybridized carbons (Fsp3) is 0.429. The summed E-state index contributed by atoms with van der Waals surface area (Å²) in [5, 5.41) is 7.96. The summed E-state index contributed by atoms with van der Waals surface area (Å²) in [5.41, 5.74) is 0.779. The highest BCUT2D eigenvalue weighted by atomic mass is 35.5. The molecule has 2 aromatic rings. The molecule has 2 heterocycles. The molecule has 1 aromatic heterocycles. The Morgan fingerprint density at radius 3 is 2.85 bits per heavy atom. The lowest BCUT2D eigenvalue weighted by Crippen LogP contribution is -2.56. The number of aromatic nitrogens is 2. The van der Waals surface area contributed by atoms with E-state index >= 15 is 0 Å². The van der Waals surface area contributed by atoms with Crippen LogP contribution in [-0.4, -0.2) is 40.7 Å². The molecule has 1 N–H and O–H groups in total. The Labute approximate surface area is 122 Å². The molecule has 1 aliphatic heterocycles. The third-order valence-electron chi connectivity index (χ3n) is 3.60. The molecule has 0 atom stereocenters. The van der Waals surface area contributed by atoms with E-state index in [1.54, 1.807) is 0 Å². The Kier molecular flexibility index (Phi) is 4.00. The predicted molar refractivity (Wildman–Crippen MR) is 77.5 cm³/mol. The van der Waals surface area contributed by atoms with Gasteiger partial charge in [-0.05, 0) is 18.7 Å². The predicted octanol–water partition coefficient (Wildman–Crippen LogP) is 2.18. The molecule has 0 aliphatic carbocycles. The minimum Gasteiger partial charge on any atom is -0.334 e. The number of rotatable bonds is 5. The number of halogens is 1. The largest absolute Gasteiger partial charge is 0.334 e. The summed E-state index contributed by atoms with van der Waals surface area (Å²) in [4.78, 5) is 6.79. The lowest BCUT2D eigenvalue weighted by molar-refractivity contribution is 0.140. The first-order chi connectivity index (χ1) is 9.78. The van der Waals surface area contributed by atoms with Gasteiger partial charge < -0.3 is 9.84 Å². The van der Waals surface area contributed by atoms with E-state index in [0.717, 1.165) is 25.2 Å². The highest BCUT2D eigenvalue weighted by Gasteiger charge is 2.24.